The lowest BCUT2D eigenvalue weighted by molar-refractivity contribution is 0.0583. The number of aromatic nitrogens is 1. The van der Waals surface area contributed by atoms with E-state index in [2.05, 4.69) is 10.6 Å². The molecule has 0 radical (unpaired) electrons. The van der Waals surface area contributed by atoms with Crippen molar-refractivity contribution in [2.45, 2.75) is 58.2 Å². The van der Waals surface area contributed by atoms with Crippen molar-refractivity contribution in [3.8, 4) is 0 Å². The minimum atomic E-state index is -0.609. The molecule has 0 bridgehead atoms. The average Bonchev–Trinajstić information content (AvgIpc) is 3.47. The molecule has 0 saturated heterocycles. The van der Waals surface area contributed by atoms with E-state index < -0.39 is 23.2 Å². The lowest BCUT2D eigenvalue weighted by Crippen LogP contribution is -2.35. The van der Waals surface area contributed by atoms with Gasteiger partial charge in [-0.3, -0.25) is 19.3 Å². The molecule has 1 aromatic heterocycles. The zero-order valence-corrected chi connectivity index (χ0v) is 19.9. The van der Waals surface area contributed by atoms with E-state index in [0.717, 1.165) is 29.7 Å². The zero-order valence-electron chi connectivity index (χ0n) is 19.9. The second-order valence-corrected chi connectivity index (χ2v) is 9.70. The summed E-state index contributed by atoms with van der Waals surface area (Å²) < 4.78 is 6.92. The molecule has 9 heteroatoms. The minimum absolute atomic E-state index is 0.0890. The molecule has 1 saturated carbocycles. The molecule has 2 heterocycles. The van der Waals surface area contributed by atoms with Gasteiger partial charge in [0.25, 0.3) is 17.4 Å². The number of hydrogen-bond donors (Lipinski definition) is 2. The van der Waals surface area contributed by atoms with Gasteiger partial charge in [-0.1, -0.05) is 12.1 Å². The van der Waals surface area contributed by atoms with Crippen LogP contribution in [0, 0.1) is 0 Å². The highest BCUT2D eigenvalue weighted by Gasteiger charge is 2.30. The highest BCUT2D eigenvalue weighted by molar-refractivity contribution is 5.99. The van der Waals surface area contributed by atoms with Gasteiger partial charge in [0.15, 0.2) is 0 Å². The van der Waals surface area contributed by atoms with E-state index in [1.54, 1.807) is 4.90 Å². The van der Waals surface area contributed by atoms with E-state index in [1.165, 1.54) is 23.9 Å². The van der Waals surface area contributed by atoms with Crippen molar-refractivity contribution in [3.05, 3.63) is 63.1 Å². The molecular formula is C25H30N4O5. The van der Waals surface area contributed by atoms with Gasteiger partial charge in [-0.05, 0) is 63.3 Å². The van der Waals surface area contributed by atoms with Gasteiger partial charge in [0.1, 0.15) is 11.2 Å². The second kappa shape index (κ2) is 8.96. The number of nitrogens with zero attached hydrogens (tertiary/aromatic N) is 2. The van der Waals surface area contributed by atoms with Crippen molar-refractivity contribution < 1.29 is 19.1 Å². The number of amides is 3. The summed E-state index contributed by atoms with van der Waals surface area (Å²) in [6.07, 6.45) is 3.55. The molecular weight excluding hydrogens is 436 g/mol. The van der Waals surface area contributed by atoms with Crippen molar-refractivity contribution in [2.24, 2.45) is 0 Å². The summed E-state index contributed by atoms with van der Waals surface area (Å²) in [5, 5.41) is 5.37. The predicted octanol–water partition coefficient (Wildman–Crippen LogP) is 2.45. The topological polar surface area (TPSA) is 110 Å². The van der Waals surface area contributed by atoms with Crippen molar-refractivity contribution in [1.82, 2.24) is 15.2 Å². The predicted molar refractivity (Wildman–Crippen MR) is 127 cm³/mol. The monoisotopic (exact) mass is 466 g/mol. The normalized spacial score (nSPS) is 15.0. The zero-order chi connectivity index (χ0) is 24.6. The van der Waals surface area contributed by atoms with Gasteiger partial charge in [-0.15, -0.1) is 0 Å². The quantitative estimate of drug-likeness (QED) is 0.704. The Morgan fingerprint density at radius 1 is 1.15 bits per heavy atom. The van der Waals surface area contributed by atoms with Crippen LogP contribution < -0.4 is 21.1 Å². The first kappa shape index (κ1) is 23.5. The molecule has 1 aliphatic heterocycles. The first-order valence-corrected chi connectivity index (χ1v) is 11.5. The Kier molecular flexibility index (Phi) is 6.20. The van der Waals surface area contributed by atoms with Gasteiger partial charge in [0.2, 0.25) is 0 Å². The first-order valence-electron chi connectivity index (χ1n) is 11.5. The molecule has 9 nitrogen and oxygen atoms in total. The summed E-state index contributed by atoms with van der Waals surface area (Å²) in [6.45, 7) is 6.10. The number of carbonyl (C=O) groups is 3. The Morgan fingerprint density at radius 2 is 1.88 bits per heavy atom. The van der Waals surface area contributed by atoms with Crippen LogP contribution in [0.5, 0.6) is 0 Å². The maximum absolute atomic E-state index is 13.1. The summed E-state index contributed by atoms with van der Waals surface area (Å²) in [7, 11) is 1.44. The van der Waals surface area contributed by atoms with Crippen LogP contribution in [0.4, 0.5) is 10.5 Å². The van der Waals surface area contributed by atoms with Crippen LogP contribution in [0.3, 0.4) is 0 Å². The lowest BCUT2D eigenvalue weighted by Gasteiger charge is -2.25. The molecule has 0 spiro atoms. The molecule has 0 atom stereocenters. The molecule has 180 valence electrons. The number of ether oxygens (including phenoxy) is 1. The summed E-state index contributed by atoms with van der Waals surface area (Å²) >= 11 is 0. The molecule has 1 fully saturated rings. The standard InChI is InChI=1S/C25H30N4O5/c1-25(2,3)34-24(33)29-11-10-18-15(6-5-7-20(18)29)13-28-14-16(21(30)27-17-8-9-17)12-19(23(28)32)22(31)26-4/h5-7,12,14,17H,8-11,13H2,1-4H3,(H,26,31)(H,27,30). The molecule has 4 rings (SSSR count). The molecule has 0 unspecified atom stereocenters. The molecule has 1 aromatic carbocycles. The third kappa shape index (κ3) is 4.98. The van der Waals surface area contributed by atoms with Crippen molar-refractivity contribution in [2.75, 3.05) is 18.5 Å². The fourth-order valence-corrected chi connectivity index (χ4v) is 4.02. The summed E-state index contributed by atoms with van der Waals surface area (Å²) in [5.74, 6) is -0.856. The van der Waals surface area contributed by atoms with Gasteiger partial charge in [0, 0.05) is 25.8 Å². The fraction of sp³-hybridized carbons (Fsp3) is 0.440. The number of hydrogen-bond acceptors (Lipinski definition) is 5. The molecule has 2 aromatic rings. The Bertz CT molecular complexity index is 1210. The number of nitrogens with one attached hydrogen (secondary N) is 2. The molecule has 3 amide bonds. The highest BCUT2D eigenvalue weighted by atomic mass is 16.6. The smallest absolute Gasteiger partial charge is 0.414 e. The van der Waals surface area contributed by atoms with Crippen LogP contribution in [0.15, 0.2) is 35.3 Å². The van der Waals surface area contributed by atoms with E-state index in [4.69, 9.17) is 4.74 Å². The third-order valence-electron chi connectivity index (χ3n) is 5.81. The molecule has 1 aliphatic carbocycles. The highest BCUT2D eigenvalue weighted by Crippen LogP contribution is 2.32. The number of rotatable bonds is 5. The number of anilines is 1. The maximum Gasteiger partial charge on any atom is 0.414 e. The van der Waals surface area contributed by atoms with Gasteiger partial charge >= 0.3 is 6.09 Å². The Balaban J connectivity index is 1.68. The van der Waals surface area contributed by atoms with E-state index in [0.29, 0.717) is 13.0 Å². The van der Waals surface area contributed by atoms with Crippen LogP contribution in [-0.2, 0) is 17.7 Å². The third-order valence-corrected chi connectivity index (χ3v) is 5.81. The lowest BCUT2D eigenvalue weighted by atomic mass is 10.0. The number of carbonyl (C=O) groups excluding carboxylic acids is 3. The van der Waals surface area contributed by atoms with E-state index in [1.807, 2.05) is 39.0 Å². The van der Waals surface area contributed by atoms with Crippen molar-refractivity contribution >= 4 is 23.6 Å². The van der Waals surface area contributed by atoms with Gasteiger partial charge in [0.05, 0.1) is 17.8 Å². The number of fused-ring (bicyclic) bond motifs is 1. The van der Waals surface area contributed by atoms with Crippen LogP contribution in [0.25, 0.3) is 0 Å². The van der Waals surface area contributed by atoms with Crippen LogP contribution >= 0.6 is 0 Å². The molecule has 34 heavy (non-hydrogen) atoms. The van der Waals surface area contributed by atoms with E-state index in [9.17, 15) is 19.2 Å². The van der Waals surface area contributed by atoms with Crippen molar-refractivity contribution in [1.29, 1.82) is 0 Å². The second-order valence-electron chi connectivity index (χ2n) is 9.70. The molecule has 2 aliphatic rings. The fourth-order valence-electron chi connectivity index (χ4n) is 4.02. The number of benzene rings is 1. The first-order chi connectivity index (χ1) is 16.1. The Hall–Kier alpha value is -3.62. The Labute approximate surface area is 198 Å². The number of pyridine rings is 1. The van der Waals surface area contributed by atoms with Crippen LogP contribution in [0.2, 0.25) is 0 Å². The van der Waals surface area contributed by atoms with Crippen LogP contribution in [-0.4, -0.2) is 47.7 Å². The van der Waals surface area contributed by atoms with Gasteiger partial charge in [-0.2, -0.15) is 0 Å². The summed E-state index contributed by atoms with van der Waals surface area (Å²) in [6, 6.07) is 7.06. The van der Waals surface area contributed by atoms with Crippen molar-refractivity contribution in [3.63, 3.8) is 0 Å². The average molecular weight is 467 g/mol. The largest absolute Gasteiger partial charge is 0.443 e. The summed E-state index contributed by atoms with van der Waals surface area (Å²) in [5.41, 5.74) is 1.60. The van der Waals surface area contributed by atoms with E-state index in [-0.39, 0.29) is 29.6 Å². The Morgan fingerprint density at radius 3 is 2.53 bits per heavy atom. The SMILES string of the molecule is CNC(=O)c1cc(C(=O)NC2CC2)cn(Cc2cccc3c2CCN3C(=O)OC(C)(C)C)c1=O. The van der Waals surface area contributed by atoms with E-state index >= 15 is 0 Å². The summed E-state index contributed by atoms with van der Waals surface area (Å²) in [4.78, 5) is 52.4. The minimum Gasteiger partial charge on any atom is -0.443 e. The maximum atomic E-state index is 13.1. The van der Waals surface area contributed by atoms with Crippen LogP contribution in [0.1, 0.15) is 65.5 Å². The van der Waals surface area contributed by atoms with Gasteiger partial charge in [-0.25, -0.2) is 4.79 Å². The van der Waals surface area contributed by atoms with Gasteiger partial charge < -0.3 is 19.9 Å². The molecule has 2 N–H and O–H groups in total.